The first kappa shape index (κ1) is 20.6. The maximum Gasteiger partial charge on any atom is 0.339 e. The Morgan fingerprint density at radius 1 is 0.893 bits per heavy atom. The molecule has 0 saturated carbocycles. The van der Waals surface area contributed by atoms with Crippen LogP contribution in [0.3, 0.4) is 0 Å². The minimum absolute atomic E-state index is 0.176. The van der Waals surface area contributed by atoms with Crippen LogP contribution in [0.25, 0.3) is 10.8 Å². The quantitative estimate of drug-likeness (QED) is 0.379. The number of carbonyl (C=O) groups excluding carboxylic acids is 1. The van der Waals surface area contributed by atoms with E-state index in [0.717, 1.165) is 16.3 Å². The Kier molecular flexibility index (Phi) is 7.28. The van der Waals surface area contributed by atoms with Crippen LogP contribution in [-0.2, 0) is 16.0 Å². The fourth-order valence-corrected chi connectivity index (χ4v) is 2.37. The summed E-state index contributed by atoms with van der Waals surface area (Å²) >= 11 is 0. The van der Waals surface area contributed by atoms with Gasteiger partial charge in [0.1, 0.15) is 5.75 Å². The van der Waals surface area contributed by atoms with E-state index in [-0.39, 0.29) is 11.5 Å². The summed E-state index contributed by atoms with van der Waals surface area (Å²) in [5, 5.41) is 9.86. The van der Waals surface area contributed by atoms with Gasteiger partial charge >= 0.3 is 11.9 Å². The predicted octanol–water partition coefficient (Wildman–Crippen LogP) is 5.19. The molecule has 0 amide bonds. The second kappa shape index (κ2) is 9.88. The van der Waals surface area contributed by atoms with Gasteiger partial charge in [-0.05, 0) is 23.9 Å². The number of esters is 1. The fraction of sp³-hybridized carbons (Fsp3) is 0.0833. The standard InChI is InChI=1S/C20H16O2.C4H6O2/c1-15(14-16-8-3-2-4-9-16)20(21)22-19-13-7-11-17-10-5-6-12-18(17)19;1-3(2)4(5)6/h2-13H,1,14H2;1H2,2H3,(H,5,6). The van der Waals surface area contributed by atoms with Crippen LogP contribution in [0.15, 0.2) is 97.1 Å². The Morgan fingerprint density at radius 3 is 2.11 bits per heavy atom. The fourth-order valence-electron chi connectivity index (χ4n) is 2.37. The van der Waals surface area contributed by atoms with Crippen LogP contribution in [0.5, 0.6) is 5.75 Å². The lowest BCUT2D eigenvalue weighted by Gasteiger charge is -2.09. The summed E-state index contributed by atoms with van der Waals surface area (Å²) in [5.41, 5.74) is 1.66. The van der Waals surface area contributed by atoms with Gasteiger partial charge in [-0.15, -0.1) is 0 Å². The number of hydrogen-bond acceptors (Lipinski definition) is 3. The highest BCUT2D eigenvalue weighted by molar-refractivity contribution is 5.94. The van der Waals surface area contributed by atoms with E-state index in [9.17, 15) is 9.59 Å². The average molecular weight is 374 g/mol. The van der Waals surface area contributed by atoms with Crippen LogP contribution < -0.4 is 4.74 Å². The van der Waals surface area contributed by atoms with Crippen molar-refractivity contribution in [1.29, 1.82) is 0 Å². The van der Waals surface area contributed by atoms with Crippen molar-refractivity contribution in [1.82, 2.24) is 0 Å². The first-order valence-corrected chi connectivity index (χ1v) is 8.69. The summed E-state index contributed by atoms with van der Waals surface area (Å²) in [6.07, 6.45) is 0.491. The minimum Gasteiger partial charge on any atom is -0.478 e. The lowest BCUT2D eigenvalue weighted by atomic mass is 10.1. The molecule has 1 N–H and O–H groups in total. The van der Waals surface area contributed by atoms with E-state index in [0.29, 0.717) is 17.7 Å². The van der Waals surface area contributed by atoms with Crippen LogP contribution in [0.4, 0.5) is 0 Å². The van der Waals surface area contributed by atoms with Gasteiger partial charge < -0.3 is 9.84 Å². The highest BCUT2D eigenvalue weighted by Gasteiger charge is 2.12. The van der Waals surface area contributed by atoms with Crippen LogP contribution >= 0.6 is 0 Å². The molecule has 0 unspecified atom stereocenters. The molecule has 3 rings (SSSR count). The number of carboxylic acid groups (broad SMARTS) is 1. The number of aliphatic carboxylic acids is 1. The Morgan fingerprint density at radius 2 is 1.46 bits per heavy atom. The van der Waals surface area contributed by atoms with Crippen molar-refractivity contribution in [2.75, 3.05) is 0 Å². The minimum atomic E-state index is -0.935. The van der Waals surface area contributed by atoms with Crippen molar-refractivity contribution in [3.8, 4) is 5.75 Å². The van der Waals surface area contributed by atoms with Crippen molar-refractivity contribution in [2.24, 2.45) is 0 Å². The molecule has 0 fully saturated rings. The number of hydrogen-bond donors (Lipinski definition) is 1. The molecule has 4 heteroatoms. The Labute approximate surface area is 164 Å². The van der Waals surface area contributed by atoms with E-state index < -0.39 is 5.97 Å². The summed E-state index contributed by atoms with van der Waals surface area (Å²) in [6, 6.07) is 23.3. The topological polar surface area (TPSA) is 63.6 Å². The summed E-state index contributed by atoms with van der Waals surface area (Å²) < 4.78 is 5.52. The SMILES string of the molecule is C=C(C)C(=O)O.C=C(Cc1ccccc1)C(=O)Oc1cccc2ccccc12. The van der Waals surface area contributed by atoms with Gasteiger partial charge in [0, 0.05) is 23.0 Å². The molecule has 3 aromatic rings. The zero-order chi connectivity index (χ0) is 20.5. The number of benzene rings is 3. The second-order valence-corrected chi connectivity index (χ2v) is 6.22. The normalized spacial score (nSPS) is 9.75. The molecule has 3 aromatic carbocycles. The molecule has 28 heavy (non-hydrogen) atoms. The van der Waals surface area contributed by atoms with Crippen LogP contribution in [0.2, 0.25) is 0 Å². The smallest absolute Gasteiger partial charge is 0.339 e. The van der Waals surface area contributed by atoms with Gasteiger partial charge in [-0.1, -0.05) is 79.9 Å². The molecule has 0 aliphatic carbocycles. The van der Waals surface area contributed by atoms with E-state index in [2.05, 4.69) is 13.2 Å². The Hall–Kier alpha value is -3.66. The van der Waals surface area contributed by atoms with Gasteiger partial charge in [-0.25, -0.2) is 9.59 Å². The zero-order valence-corrected chi connectivity index (χ0v) is 15.7. The molecule has 0 spiro atoms. The number of carbonyl (C=O) groups is 2. The van der Waals surface area contributed by atoms with Gasteiger partial charge in [0.25, 0.3) is 0 Å². The third kappa shape index (κ3) is 5.95. The van der Waals surface area contributed by atoms with E-state index in [4.69, 9.17) is 9.84 Å². The number of ether oxygens (including phenoxy) is 1. The van der Waals surface area contributed by atoms with E-state index in [1.807, 2.05) is 66.7 Å². The van der Waals surface area contributed by atoms with Gasteiger partial charge in [-0.2, -0.15) is 0 Å². The lowest BCUT2D eigenvalue weighted by Crippen LogP contribution is -2.12. The number of rotatable bonds is 5. The Balaban J connectivity index is 0.000000409. The summed E-state index contributed by atoms with van der Waals surface area (Å²) in [6.45, 7) is 8.45. The summed E-state index contributed by atoms with van der Waals surface area (Å²) in [4.78, 5) is 21.8. The highest BCUT2D eigenvalue weighted by Crippen LogP contribution is 2.26. The van der Waals surface area contributed by atoms with Crippen molar-refractivity contribution in [2.45, 2.75) is 13.3 Å². The second-order valence-electron chi connectivity index (χ2n) is 6.22. The van der Waals surface area contributed by atoms with Crippen LogP contribution in [0.1, 0.15) is 12.5 Å². The predicted molar refractivity (Wildman–Crippen MR) is 111 cm³/mol. The Bertz CT molecular complexity index is 986. The molecule has 4 nitrogen and oxygen atoms in total. The van der Waals surface area contributed by atoms with Crippen molar-refractivity contribution < 1.29 is 19.4 Å². The first-order chi connectivity index (χ1) is 13.4. The van der Waals surface area contributed by atoms with Crippen molar-refractivity contribution in [3.05, 3.63) is 103 Å². The van der Waals surface area contributed by atoms with Crippen molar-refractivity contribution in [3.63, 3.8) is 0 Å². The largest absolute Gasteiger partial charge is 0.478 e. The van der Waals surface area contributed by atoms with E-state index >= 15 is 0 Å². The molecule has 0 atom stereocenters. The summed E-state index contributed by atoms with van der Waals surface area (Å²) in [7, 11) is 0. The molecule has 0 aliphatic heterocycles. The van der Waals surface area contributed by atoms with E-state index in [1.165, 1.54) is 6.92 Å². The average Bonchev–Trinajstić information content (AvgIpc) is 2.69. The van der Waals surface area contributed by atoms with E-state index in [1.54, 1.807) is 6.07 Å². The van der Waals surface area contributed by atoms with Gasteiger partial charge in [0.05, 0.1) is 0 Å². The zero-order valence-electron chi connectivity index (χ0n) is 15.7. The van der Waals surface area contributed by atoms with Gasteiger partial charge in [-0.3, -0.25) is 0 Å². The third-order valence-electron chi connectivity index (χ3n) is 3.87. The molecular weight excluding hydrogens is 352 g/mol. The third-order valence-corrected chi connectivity index (χ3v) is 3.87. The lowest BCUT2D eigenvalue weighted by molar-refractivity contribution is -0.132. The number of carboxylic acids is 1. The maximum absolute atomic E-state index is 12.2. The highest BCUT2D eigenvalue weighted by atomic mass is 16.5. The molecule has 0 saturated heterocycles. The maximum atomic E-state index is 12.2. The monoisotopic (exact) mass is 374 g/mol. The first-order valence-electron chi connectivity index (χ1n) is 8.69. The molecular formula is C24H22O4. The molecule has 142 valence electrons. The van der Waals surface area contributed by atoms with Gasteiger partial charge in [0.2, 0.25) is 0 Å². The number of fused-ring (bicyclic) bond motifs is 1. The molecule has 0 radical (unpaired) electrons. The van der Waals surface area contributed by atoms with Crippen LogP contribution in [-0.4, -0.2) is 17.0 Å². The van der Waals surface area contributed by atoms with Crippen LogP contribution in [0, 0.1) is 0 Å². The molecule has 0 heterocycles. The van der Waals surface area contributed by atoms with Crippen molar-refractivity contribution >= 4 is 22.7 Å². The van der Waals surface area contributed by atoms with Gasteiger partial charge in [0.15, 0.2) is 0 Å². The molecule has 0 aromatic heterocycles. The molecule has 0 aliphatic rings. The summed E-state index contributed by atoms with van der Waals surface area (Å²) in [5.74, 6) is -0.757. The molecule has 0 bridgehead atoms.